The van der Waals surface area contributed by atoms with Crippen molar-refractivity contribution >= 4 is 15.8 Å². The quantitative estimate of drug-likeness (QED) is 0.809. The zero-order chi connectivity index (χ0) is 13.9. The van der Waals surface area contributed by atoms with Crippen molar-refractivity contribution in [2.75, 3.05) is 13.7 Å². The Hall–Kier alpha value is -1.40. The van der Waals surface area contributed by atoms with Crippen LogP contribution in [-0.2, 0) is 19.4 Å². The van der Waals surface area contributed by atoms with Gasteiger partial charge in [-0.25, -0.2) is 8.42 Å². The van der Waals surface area contributed by atoms with Gasteiger partial charge in [0.15, 0.2) is 15.1 Å². The third kappa shape index (κ3) is 2.70. The Labute approximate surface area is 107 Å². The van der Waals surface area contributed by atoms with Crippen molar-refractivity contribution in [3.63, 3.8) is 0 Å². The van der Waals surface area contributed by atoms with Crippen molar-refractivity contribution in [2.45, 2.75) is 24.0 Å². The maximum absolute atomic E-state index is 12.4. The molecule has 1 atom stereocenters. The second kappa shape index (κ2) is 5.49. The van der Waals surface area contributed by atoms with Gasteiger partial charge in [0, 0.05) is 6.54 Å². The van der Waals surface area contributed by atoms with Gasteiger partial charge in [-0.3, -0.25) is 4.79 Å². The van der Waals surface area contributed by atoms with E-state index in [1.807, 2.05) is 6.07 Å². The summed E-state index contributed by atoms with van der Waals surface area (Å²) in [6, 6.07) is 5.05. The van der Waals surface area contributed by atoms with E-state index in [0.717, 1.165) is 12.7 Å². The number of carbonyl (C=O) groups is 1. The summed E-state index contributed by atoms with van der Waals surface area (Å²) in [4.78, 5) is 11.6. The lowest BCUT2D eigenvalue weighted by Gasteiger charge is -2.15. The lowest BCUT2D eigenvalue weighted by atomic mass is 10.2. The van der Waals surface area contributed by atoms with Crippen molar-refractivity contribution < 1.29 is 17.9 Å². The van der Waals surface area contributed by atoms with E-state index >= 15 is 0 Å². The molecule has 0 spiro atoms. The number of sulfone groups is 1. The number of hydrogen-bond acceptors (Lipinski definition) is 5. The highest BCUT2D eigenvalue weighted by Gasteiger charge is 2.34. The zero-order valence-corrected chi connectivity index (χ0v) is 11.5. The minimum absolute atomic E-state index is 0.128. The van der Waals surface area contributed by atoms with Crippen LogP contribution in [0, 0.1) is 13.8 Å². The van der Waals surface area contributed by atoms with Crippen LogP contribution in [0.3, 0.4) is 0 Å². The first-order chi connectivity index (χ1) is 8.34. The monoisotopic (exact) mass is 271 g/mol. The number of carbonyl (C=O) groups excluding carboxylic acids is 1. The van der Waals surface area contributed by atoms with Crippen molar-refractivity contribution in [3.05, 3.63) is 29.3 Å². The maximum Gasteiger partial charge on any atom is 0.325 e. The van der Waals surface area contributed by atoms with E-state index in [2.05, 4.69) is 4.74 Å². The molecule has 0 bridgehead atoms. The van der Waals surface area contributed by atoms with Crippen LogP contribution in [0.2, 0.25) is 0 Å². The van der Waals surface area contributed by atoms with Gasteiger partial charge in [0.05, 0.1) is 12.0 Å². The minimum atomic E-state index is -3.82. The Bertz CT molecular complexity index is 551. The average molecular weight is 271 g/mol. The number of hydrogen-bond donors (Lipinski definition) is 1. The Morgan fingerprint density at radius 3 is 2.50 bits per heavy atom. The fraction of sp³-hybridized carbons (Fsp3) is 0.417. The molecule has 0 fully saturated rings. The van der Waals surface area contributed by atoms with Crippen LogP contribution in [-0.4, -0.2) is 33.3 Å². The van der Waals surface area contributed by atoms with E-state index in [1.165, 1.54) is 6.07 Å². The highest BCUT2D eigenvalue weighted by atomic mass is 32.2. The van der Waals surface area contributed by atoms with Crippen LogP contribution in [0.4, 0.5) is 0 Å². The van der Waals surface area contributed by atoms with E-state index in [4.69, 9.17) is 5.73 Å². The summed E-state index contributed by atoms with van der Waals surface area (Å²) in [5, 5.41) is -1.36. The highest BCUT2D eigenvalue weighted by Crippen LogP contribution is 2.22. The van der Waals surface area contributed by atoms with E-state index in [9.17, 15) is 13.2 Å². The van der Waals surface area contributed by atoms with Gasteiger partial charge in [0.2, 0.25) is 0 Å². The molecule has 2 N–H and O–H groups in total. The van der Waals surface area contributed by atoms with Crippen molar-refractivity contribution in [1.29, 1.82) is 0 Å². The van der Waals surface area contributed by atoms with Crippen molar-refractivity contribution in [3.8, 4) is 0 Å². The molecule has 0 heterocycles. The molecule has 6 heteroatoms. The van der Waals surface area contributed by atoms with Crippen LogP contribution in [0.15, 0.2) is 23.1 Å². The molecule has 0 saturated carbocycles. The largest absolute Gasteiger partial charge is 0.468 e. The molecule has 1 unspecified atom stereocenters. The number of methoxy groups -OCH3 is 1. The smallest absolute Gasteiger partial charge is 0.325 e. The topological polar surface area (TPSA) is 86.5 Å². The Balaban J connectivity index is 3.36. The Kier molecular flexibility index (Phi) is 4.48. The van der Waals surface area contributed by atoms with Gasteiger partial charge in [0.25, 0.3) is 0 Å². The molecular formula is C12H17NO4S. The molecule has 0 aromatic heterocycles. The molecule has 0 saturated heterocycles. The summed E-state index contributed by atoms with van der Waals surface area (Å²) < 4.78 is 29.2. The summed E-state index contributed by atoms with van der Waals surface area (Å²) in [7, 11) is -2.67. The molecule has 0 aliphatic rings. The fourth-order valence-corrected chi connectivity index (χ4v) is 3.42. The lowest BCUT2D eigenvalue weighted by molar-refractivity contribution is -0.139. The van der Waals surface area contributed by atoms with Gasteiger partial charge < -0.3 is 10.5 Å². The number of rotatable bonds is 4. The molecule has 0 radical (unpaired) electrons. The second-order valence-corrected chi connectivity index (χ2v) is 6.16. The van der Waals surface area contributed by atoms with Gasteiger partial charge in [-0.1, -0.05) is 12.1 Å². The molecule has 100 valence electrons. The lowest BCUT2D eigenvalue weighted by Crippen LogP contribution is -2.38. The number of ether oxygens (including phenoxy) is 1. The SMILES string of the molecule is COC(=O)C(CN)S(=O)(=O)c1cc(C)ccc1C. The van der Waals surface area contributed by atoms with E-state index in [-0.39, 0.29) is 11.4 Å². The van der Waals surface area contributed by atoms with Gasteiger partial charge in [-0.2, -0.15) is 0 Å². The standard InChI is InChI=1S/C12H17NO4S/c1-8-4-5-9(2)10(6-8)18(15,16)11(7-13)12(14)17-3/h4-6,11H,7,13H2,1-3H3. The maximum atomic E-state index is 12.4. The fourth-order valence-electron chi connectivity index (χ4n) is 1.65. The predicted molar refractivity (Wildman–Crippen MR) is 68.0 cm³/mol. The summed E-state index contributed by atoms with van der Waals surface area (Å²) >= 11 is 0. The number of nitrogens with two attached hydrogens (primary N) is 1. The first kappa shape index (κ1) is 14.7. The summed E-state index contributed by atoms with van der Waals surface area (Å²) in [5.41, 5.74) is 6.77. The van der Waals surface area contributed by atoms with Crippen LogP contribution < -0.4 is 5.73 Å². The number of aryl methyl sites for hydroxylation is 2. The first-order valence-electron chi connectivity index (χ1n) is 5.43. The van der Waals surface area contributed by atoms with E-state index in [1.54, 1.807) is 19.9 Å². The summed E-state index contributed by atoms with van der Waals surface area (Å²) in [6.45, 7) is 3.16. The second-order valence-electron chi connectivity index (χ2n) is 4.06. The van der Waals surface area contributed by atoms with Gasteiger partial charge >= 0.3 is 5.97 Å². The molecule has 0 aliphatic carbocycles. The number of esters is 1. The molecule has 1 rings (SSSR count). The van der Waals surface area contributed by atoms with Crippen molar-refractivity contribution in [1.82, 2.24) is 0 Å². The molecule has 0 amide bonds. The van der Waals surface area contributed by atoms with E-state index < -0.39 is 21.1 Å². The molecule has 0 aliphatic heterocycles. The minimum Gasteiger partial charge on any atom is -0.468 e. The van der Waals surface area contributed by atoms with Gasteiger partial charge in [0.1, 0.15) is 0 Å². The van der Waals surface area contributed by atoms with Crippen LogP contribution in [0.1, 0.15) is 11.1 Å². The Morgan fingerprint density at radius 1 is 1.39 bits per heavy atom. The first-order valence-corrected chi connectivity index (χ1v) is 6.98. The predicted octanol–water partition coefficient (Wildman–Crippen LogP) is 0.577. The third-order valence-corrected chi connectivity index (χ3v) is 4.89. The van der Waals surface area contributed by atoms with Crippen LogP contribution >= 0.6 is 0 Å². The third-order valence-electron chi connectivity index (χ3n) is 2.70. The molecular weight excluding hydrogens is 254 g/mol. The van der Waals surface area contributed by atoms with Gasteiger partial charge in [-0.05, 0) is 31.0 Å². The average Bonchev–Trinajstić information content (AvgIpc) is 2.32. The Morgan fingerprint density at radius 2 is 2.00 bits per heavy atom. The summed E-state index contributed by atoms with van der Waals surface area (Å²) in [6.07, 6.45) is 0. The molecule has 1 aromatic rings. The molecule has 1 aromatic carbocycles. The van der Waals surface area contributed by atoms with E-state index in [0.29, 0.717) is 5.56 Å². The zero-order valence-electron chi connectivity index (χ0n) is 10.6. The molecule has 5 nitrogen and oxygen atoms in total. The number of benzene rings is 1. The van der Waals surface area contributed by atoms with Gasteiger partial charge in [-0.15, -0.1) is 0 Å². The van der Waals surface area contributed by atoms with Crippen LogP contribution in [0.25, 0.3) is 0 Å². The molecule has 18 heavy (non-hydrogen) atoms. The normalized spacial score (nSPS) is 13.1. The van der Waals surface area contributed by atoms with Crippen molar-refractivity contribution in [2.24, 2.45) is 5.73 Å². The highest BCUT2D eigenvalue weighted by molar-refractivity contribution is 7.92. The summed E-state index contributed by atoms with van der Waals surface area (Å²) in [5.74, 6) is -0.835. The van der Waals surface area contributed by atoms with Crippen LogP contribution in [0.5, 0.6) is 0 Å².